The minimum Gasteiger partial charge on any atom is -0.350 e. The molecule has 0 unspecified atom stereocenters. The number of nitrogens with one attached hydrogen (secondary N) is 1. The van der Waals surface area contributed by atoms with Crippen molar-refractivity contribution in [2.24, 2.45) is 5.84 Å². The SMILES string of the molecule is CCC(C)(C)NC(=O)CN1CCCN(N)C1=O. The number of hydrogen-bond acceptors (Lipinski definition) is 3. The maximum atomic E-state index is 11.8. The zero-order valence-corrected chi connectivity index (χ0v) is 10.8. The standard InChI is InChI=1S/C11H22N4O2/c1-4-11(2,3)13-9(16)8-14-6-5-7-15(12)10(14)17/h4-8,12H2,1-3H3,(H,13,16). The third-order valence-corrected chi connectivity index (χ3v) is 3.04. The van der Waals surface area contributed by atoms with E-state index in [-0.39, 0.29) is 24.0 Å². The van der Waals surface area contributed by atoms with Crippen LogP contribution in [0.2, 0.25) is 0 Å². The summed E-state index contributed by atoms with van der Waals surface area (Å²) < 4.78 is 0. The number of amides is 3. The summed E-state index contributed by atoms with van der Waals surface area (Å²) in [6.45, 7) is 7.14. The Kier molecular flexibility index (Phi) is 4.34. The fourth-order valence-electron chi connectivity index (χ4n) is 1.63. The van der Waals surface area contributed by atoms with Gasteiger partial charge in [0, 0.05) is 18.6 Å². The highest BCUT2D eigenvalue weighted by Crippen LogP contribution is 2.08. The maximum absolute atomic E-state index is 11.8. The van der Waals surface area contributed by atoms with Crippen molar-refractivity contribution in [1.29, 1.82) is 0 Å². The molecule has 6 nitrogen and oxygen atoms in total. The Morgan fingerprint density at radius 2 is 2.12 bits per heavy atom. The summed E-state index contributed by atoms with van der Waals surface area (Å²) in [5, 5.41) is 4.05. The molecule has 0 bridgehead atoms. The van der Waals surface area contributed by atoms with E-state index in [1.54, 1.807) is 0 Å². The molecule has 1 saturated heterocycles. The number of urea groups is 1. The first kappa shape index (κ1) is 13.8. The second-order valence-corrected chi connectivity index (χ2v) is 5.04. The Balaban J connectivity index is 2.48. The first-order chi connectivity index (χ1) is 7.85. The molecule has 0 saturated carbocycles. The van der Waals surface area contributed by atoms with Gasteiger partial charge in [-0.15, -0.1) is 0 Å². The topological polar surface area (TPSA) is 78.7 Å². The molecule has 1 fully saturated rings. The highest BCUT2D eigenvalue weighted by atomic mass is 16.2. The number of hydrazine groups is 1. The van der Waals surface area contributed by atoms with Crippen LogP contribution in [0.1, 0.15) is 33.6 Å². The summed E-state index contributed by atoms with van der Waals surface area (Å²) in [7, 11) is 0. The molecule has 0 aromatic carbocycles. The third kappa shape index (κ3) is 3.89. The van der Waals surface area contributed by atoms with Gasteiger partial charge in [0.25, 0.3) is 0 Å². The van der Waals surface area contributed by atoms with Crippen LogP contribution in [0.4, 0.5) is 4.79 Å². The average Bonchev–Trinajstić information content (AvgIpc) is 2.24. The van der Waals surface area contributed by atoms with Gasteiger partial charge >= 0.3 is 6.03 Å². The Labute approximate surface area is 102 Å². The minimum absolute atomic E-state index is 0.0793. The van der Waals surface area contributed by atoms with Crippen molar-refractivity contribution in [3.63, 3.8) is 0 Å². The molecule has 98 valence electrons. The van der Waals surface area contributed by atoms with Gasteiger partial charge in [0.1, 0.15) is 6.54 Å². The number of carbonyl (C=O) groups is 2. The second kappa shape index (κ2) is 5.35. The van der Waals surface area contributed by atoms with Gasteiger partial charge in [0.15, 0.2) is 0 Å². The molecule has 1 rings (SSSR count). The van der Waals surface area contributed by atoms with Crippen LogP contribution in [0.5, 0.6) is 0 Å². The maximum Gasteiger partial charge on any atom is 0.334 e. The predicted molar refractivity (Wildman–Crippen MR) is 65.0 cm³/mol. The molecule has 1 aliphatic rings. The summed E-state index contributed by atoms with van der Waals surface area (Å²) in [6, 6.07) is -0.277. The van der Waals surface area contributed by atoms with Crippen molar-refractivity contribution in [2.45, 2.75) is 39.2 Å². The Hall–Kier alpha value is -1.30. The smallest absolute Gasteiger partial charge is 0.334 e. The van der Waals surface area contributed by atoms with E-state index in [1.165, 1.54) is 4.90 Å². The van der Waals surface area contributed by atoms with E-state index in [2.05, 4.69) is 5.32 Å². The van der Waals surface area contributed by atoms with E-state index in [1.807, 2.05) is 20.8 Å². The molecule has 3 amide bonds. The third-order valence-electron chi connectivity index (χ3n) is 3.04. The molecular formula is C11H22N4O2. The normalized spacial score (nSPS) is 17.3. The van der Waals surface area contributed by atoms with Crippen LogP contribution in [-0.2, 0) is 4.79 Å². The summed E-state index contributed by atoms with van der Waals surface area (Å²) in [6.07, 6.45) is 1.64. The van der Waals surface area contributed by atoms with Gasteiger partial charge in [-0.25, -0.2) is 10.6 Å². The van der Waals surface area contributed by atoms with Crippen molar-refractivity contribution < 1.29 is 9.59 Å². The van der Waals surface area contributed by atoms with Crippen LogP contribution in [-0.4, -0.2) is 47.0 Å². The van der Waals surface area contributed by atoms with Gasteiger partial charge in [0.05, 0.1) is 0 Å². The van der Waals surface area contributed by atoms with Crippen molar-refractivity contribution in [2.75, 3.05) is 19.6 Å². The van der Waals surface area contributed by atoms with Gasteiger partial charge < -0.3 is 10.2 Å². The van der Waals surface area contributed by atoms with Crippen molar-refractivity contribution >= 4 is 11.9 Å². The summed E-state index contributed by atoms with van der Waals surface area (Å²) in [5.74, 6) is 5.37. The quantitative estimate of drug-likeness (QED) is 0.549. The minimum atomic E-state index is -0.277. The zero-order chi connectivity index (χ0) is 13.1. The lowest BCUT2D eigenvalue weighted by atomic mass is 10.0. The number of nitrogens with zero attached hydrogens (tertiary/aromatic N) is 2. The number of carbonyl (C=O) groups excluding carboxylic acids is 2. The molecule has 6 heteroatoms. The van der Waals surface area contributed by atoms with Crippen molar-refractivity contribution in [3.05, 3.63) is 0 Å². The van der Waals surface area contributed by atoms with Crippen LogP contribution in [0.25, 0.3) is 0 Å². The molecule has 1 heterocycles. The van der Waals surface area contributed by atoms with Crippen LogP contribution in [0.15, 0.2) is 0 Å². The summed E-state index contributed by atoms with van der Waals surface area (Å²) in [4.78, 5) is 24.9. The van der Waals surface area contributed by atoms with Gasteiger partial charge in [-0.3, -0.25) is 9.80 Å². The molecule has 0 aliphatic carbocycles. The van der Waals surface area contributed by atoms with E-state index in [0.29, 0.717) is 13.1 Å². The van der Waals surface area contributed by atoms with Crippen LogP contribution < -0.4 is 11.2 Å². The second-order valence-electron chi connectivity index (χ2n) is 5.04. The fraction of sp³-hybridized carbons (Fsp3) is 0.818. The van der Waals surface area contributed by atoms with Gasteiger partial charge in [-0.05, 0) is 26.7 Å². The van der Waals surface area contributed by atoms with E-state index in [9.17, 15) is 9.59 Å². The Morgan fingerprint density at radius 3 is 2.71 bits per heavy atom. The molecule has 0 spiro atoms. The van der Waals surface area contributed by atoms with Gasteiger partial charge in [-0.2, -0.15) is 0 Å². The first-order valence-corrected chi connectivity index (χ1v) is 5.98. The van der Waals surface area contributed by atoms with E-state index in [4.69, 9.17) is 5.84 Å². The van der Waals surface area contributed by atoms with E-state index < -0.39 is 0 Å². The number of hydrogen-bond donors (Lipinski definition) is 2. The van der Waals surface area contributed by atoms with Crippen LogP contribution >= 0.6 is 0 Å². The Bertz CT molecular complexity index is 304. The summed E-state index contributed by atoms with van der Waals surface area (Å²) in [5.41, 5.74) is -0.238. The highest BCUT2D eigenvalue weighted by molar-refractivity contribution is 5.84. The van der Waals surface area contributed by atoms with E-state index >= 15 is 0 Å². The molecule has 0 radical (unpaired) electrons. The number of rotatable bonds is 4. The zero-order valence-electron chi connectivity index (χ0n) is 10.8. The molecule has 1 aliphatic heterocycles. The van der Waals surface area contributed by atoms with Gasteiger partial charge in [-0.1, -0.05) is 6.92 Å². The lowest BCUT2D eigenvalue weighted by Crippen LogP contribution is -2.56. The first-order valence-electron chi connectivity index (χ1n) is 5.98. The molecule has 0 aromatic rings. The Morgan fingerprint density at radius 1 is 1.47 bits per heavy atom. The monoisotopic (exact) mass is 242 g/mol. The van der Waals surface area contributed by atoms with Crippen molar-refractivity contribution in [1.82, 2.24) is 15.2 Å². The lowest BCUT2D eigenvalue weighted by molar-refractivity contribution is -0.123. The highest BCUT2D eigenvalue weighted by Gasteiger charge is 2.26. The molecule has 3 N–H and O–H groups in total. The lowest BCUT2D eigenvalue weighted by Gasteiger charge is -2.33. The van der Waals surface area contributed by atoms with Crippen LogP contribution in [0, 0.1) is 0 Å². The van der Waals surface area contributed by atoms with Gasteiger partial charge in [0.2, 0.25) is 5.91 Å². The molecule has 0 atom stereocenters. The summed E-state index contributed by atoms with van der Waals surface area (Å²) >= 11 is 0. The fourth-order valence-corrected chi connectivity index (χ4v) is 1.63. The molecular weight excluding hydrogens is 220 g/mol. The van der Waals surface area contributed by atoms with Crippen molar-refractivity contribution in [3.8, 4) is 0 Å². The molecule has 17 heavy (non-hydrogen) atoms. The predicted octanol–water partition coefficient (Wildman–Crippen LogP) is 0.293. The number of nitrogens with two attached hydrogens (primary N) is 1. The largest absolute Gasteiger partial charge is 0.350 e. The van der Waals surface area contributed by atoms with Crippen LogP contribution in [0.3, 0.4) is 0 Å². The average molecular weight is 242 g/mol. The van der Waals surface area contributed by atoms with E-state index in [0.717, 1.165) is 17.9 Å². The molecule has 0 aromatic heterocycles.